The average molecular weight is 227 g/mol. The fourth-order valence-electron chi connectivity index (χ4n) is 3.69. The van der Waals surface area contributed by atoms with E-state index in [1.54, 1.807) is 0 Å². The molecule has 2 heteroatoms. The van der Waals surface area contributed by atoms with Crippen molar-refractivity contribution in [2.24, 2.45) is 5.41 Å². The van der Waals surface area contributed by atoms with Crippen molar-refractivity contribution in [1.29, 1.82) is 5.26 Å². The van der Waals surface area contributed by atoms with Crippen LogP contribution in [0.15, 0.2) is 24.3 Å². The molecule has 2 aliphatic rings. The van der Waals surface area contributed by atoms with Gasteiger partial charge in [0.25, 0.3) is 0 Å². The lowest BCUT2D eigenvalue weighted by molar-refractivity contribution is -0.0575. The molecular weight excluding hydrogens is 210 g/mol. The maximum Gasteiger partial charge on any atom is 0.109 e. The number of fused-ring (bicyclic) bond motifs is 1. The number of nitrogens with zero attached hydrogens (tertiary/aromatic N) is 1. The number of rotatable bonds is 1. The Morgan fingerprint density at radius 2 is 1.82 bits per heavy atom. The highest BCUT2D eigenvalue weighted by atomic mass is 16.3. The summed E-state index contributed by atoms with van der Waals surface area (Å²) in [6, 6.07) is 10.5. The maximum atomic E-state index is 11.1. The smallest absolute Gasteiger partial charge is 0.109 e. The average Bonchev–Trinajstić information content (AvgIpc) is 2.97. The molecule has 1 fully saturated rings. The summed E-state index contributed by atoms with van der Waals surface area (Å²) >= 11 is 0. The Hall–Kier alpha value is -1.33. The second-order valence-corrected chi connectivity index (χ2v) is 5.42. The van der Waals surface area contributed by atoms with Crippen LogP contribution in [-0.2, 0) is 12.0 Å². The molecule has 1 atom stereocenters. The second kappa shape index (κ2) is 3.58. The largest absolute Gasteiger partial charge is 0.383 e. The van der Waals surface area contributed by atoms with E-state index in [4.69, 9.17) is 0 Å². The highest BCUT2D eigenvalue weighted by molar-refractivity contribution is 5.41. The summed E-state index contributed by atoms with van der Waals surface area (Å²) < 4.78 is 0. The summed E-state index contributed by atoms with van der Waals surface area (Å²) in [7, 11) is 0. The summed E-state index contributed by atoms with van der Waals surface area (Å²) in [5.41, 5.74) is 0.772. The van der Waals surface area contributed by atoms with Gasteiger partial charge >= 0.3 is 0 Å². The van der Waals surface area contributed by atoms with E-state index in [0.717, 1.165) is 37.7 Å². The highest BCUT2D eigenvalue weighted by Gasteiger charge is 2.55. The van der Waals surface area contributed by atoms with E-state index in [0.29, 0.717) is 6.42 Å². The lowest BCUT2D eigenvalue weighted by Gasteiger charge is -2.38. The zero-order valence-electron chi connectivity index (χ0n) is 9.95. The molecule has 17 heavy (non-hydrogen) atoms. The Morgan fingerprint density at radius 1 is 1.12 bits per heavy atom. The first-order valence-corrected chi connectivity index (χ1v) is 6.44. The molecule has 0 aromatic heterocycles. The number of aryl methyl sites for hydroxylation is 1. The van der Waals surface area contributed by atoms with Gasteiger partial charge in [-0.25, -0.2) is 0 Å². The molecule has 1 saturated carbocycles. The molecule has 2 aliphatic carbocycles. The molecule has 0 spiro atoms. The van der Waals surface area contributed by atoms with E-state index in [1.807, 2.05) is 18.2 Å². The van der Waals surface area contributed by atoms with E-state index in [2.05, 4.69) is 12.1 Å². The van der Waals surface area contributed by atoms with Crippen LogP contribution in [0.3, 0.4) is 0 Å². The monoisotopic (exact) mass is 227 g/mol. The predicted molar refractivity (Wildman–Crippen MR) is 65.2 cm³/mol. The van der Waals surface area contributed by atoms with Crippen LogP contribution in [0.4, 0.5) is 0 Å². The summed E-state index contributed by atoms with van der Waals surface area (Å²) in [6.45, 7) is 0. The van der Waals surface area contributed by atoms with Crippen LogP contribution in [0.1, 0.15) is 43.2 Å². The van der Waals surface area contributed by atoms with Gasteiger partial charge in [-0.3, -0.25) is 0 Å². The standard InChI is InChI=1S/C15H17NO/c16-11-14(8-3-4-9-14)15(17)10-7-12-5-1-2-6-13(12)15/h1-2,5-6,17H,3-4,7-10H2. The third-order valence-electron chi connectivity index (χ3n) is 4.68. The van der Waals surface area contributed by atoms with Crippen molar-refractivity contribution in [3.05, 3.63) is 35.4 Å². The summed E-state index contributed by atoms with van der Waals surface area (Å²) in [5, 5.41) is 20.6. The first kappa shape index (κ1) is 10.8. The van der Waals surface area contributed by atoms with Crippen molar-refractivity contribution < 1.29 is 5.11 Å². The molecule has 88 valence electrons. The third-order valence-corrected chi connectivity index (χ3v) is 4.68. The Balaban J connectivity index is 2.12. The molecule has 0 radical (unpaired) electrons. The zero-order valence-corrected chi connectivity index (χ0v) is 9.95. The van der Waals surface area contributed by atoms with Crippen LogP contribution in [0, 0.1) is 16.7 Å². The SMILES string of the molecule is N#CC1(C2(O)CCc3ccccc32)CCCC1. The van der Waals surface area contributed by atoms with Gasteiger partial charge in [0.05, 0.1) is 11.5 Å². The molecule has 1 aromatic carbocycles. The summed E-state index contributed by atoms with van der Waals surface area (Å²) in [4.78, 5) is 0. The zero-order chi connectivity index (χ0) is 11.9. The minimum absolute atomic E-state index is 0.542. The predicted octanol–water partition coefficient (Wildman–Crippen LogP) is 2.90. The lowest BCUT2D eigenvalue weighted by atomic mass is 9.68. The molecule has 0 bridgehead atoms. The first-order valence-electron chi connectivity index (χ1n) is 6.44. The normalized spacial score (nSPS) is 29.9. The molecule has 3 rings (SSSR count). The summed E-state index contributed by atoms with van der Waals surface area (Å²) in [5.74, 6) is 0. The van der Waals surface area contributed by atoms with Crippen molar-refractivity contribution >= 4 is 0 Å². The number of benzene rings is 1. The van der Waals surface area contributed by atoms with Crippen molar-refractivity contribution in [2.45, 2.75) is 44.1 Å². The van der Waals surface area contributed by atoms with Crippen molar-refractivity contribution in [2.75, 3.05) is 0 Å². The van der Waals surface area contributed by atoms with Gasteiger partial charge in [-0.2, -0.15) is 5.26 Å². The maximum absolute atomic E-state index is 11.1. The van der Waals surface area contributed by atoms with Gasteiger partial charge in [-0.05, 0) is 36.8 Å². The van der Waals surface area contributed by atoms with E-state index in [9.17, 15) is 10.4 Å². The number of hydrogen-bond donors (Lipinski definition) is 1. The molecule has 0 heterocycles. The van der Waals surface area contributed by atoms with E-state index in [1.165, 1.54) is 5.56 Å². The molecule has 0 aliphatic heterocycles. The Morgan fingerprint density at radius 3 is 2.53 bits per heavy atom. The quantitative estimate of drug-likeness (QED) is 0.801. The van der Waals surface area contributed by atoms with E-state index in [-0.39, 0.29) is 0 Å². The van der Waals surface area contributed by atoms with Gasteiger partial charge in [0.15, 0.2) is 0 Å². The number of aliphatic hydroxyl groups is 1. The van der Waals surface area contributed by atoms with Crippen LogP contribution in [-0.4, -0.2) is 5.11 Å². The van der Waals surface area contributed by atoms with E-state index < -0.39 is 11.0 Å². The van der Waals surface area contributed by atoms with Crippen molar-refractivity contribution in [3.63, 3.8) is 0 Å². The van der Waals surface area contributed by atoms with Gasteiger partial charge in [0, 0.05) is 0 Å². The fraction of sp³-hybridized carbons (Fsp3) is 0.533. The molecule has 1 aromatic rings. The van der Waals surface area contributed by atoms with Crippen LogP contribution < -0.4 is 0 Å². The third kappa shape index (κ3) is 1.29. The molecular formula is C15H17NO. The van der Waals surface area contributed by atoms with Gasteiger partial charge in [0.2, 0.25) is 0 Å². The van der Waals surface area contributed by atoms with Gasteiger partial charge in [-0.1, -0.05) is 37.1 Å². The topological polar surface area (TPSA) is 44.0 Å². The van der Waals surface area contributed by atoms with Gasteiger partial charge < -0.3 is 5.11 Å². The molecule has 2 nitrogen and oxygen atoms in total. The van der Waals surface area contributed by atoms with Crippen LogP contribution in [0.2, 0.25) is 0 Å². The second-order valence-electron chi connectivity index (χ2n) is 5.42. The van der Waals surface area contributed by atoms with Gasteiger partial charge in [0.1, 0.15) is 5.60 Å². The van der Waals surface area contributed by atoms with Crippen molar-refractivity contribution in [3.8, 4) is 6.07 Å². The molecule has 1 N–H and O–H groups in total. The van der Waals surface area contributed by atoms with Gasteiger partial charge in [-0.15, -0.1) is 0 Å². The van der Waals surface area contributed by atoms with Crippen LogP contribution in [0.25, 0.3) is 0 Å². The summed E-state index contributed by atoms with van der Waals surface area (Å²) in [6.07, 6.45) is 5.43. The van der Waals surface area contributed by atoms with E-state index >= 15 is 0 Å². The first-order chi connectivity index (χ1) is 8.22. The molecule has 0 amide bonds. The number of nitriles is 1. The number of hydrogen-bond acceptors (Lipinski definition) is 2. The Kier molecular flexibility index (Phi) is 2.27. The highest BCUT2D eigenvalue weighted by Crippen LogP contribution is 2.56. The van der Waals surface area contributed by atoms with Crippen LogP contribution in [0.5, 0.6) is 0 Å². The Bertz CT molecular complexity index is 482. The minimum atomic E-state index is -0.908. The lowest BCUT2D eigenvalue weighted by Crippen LogP contribution is -2.41. The fourth-order valence-corrected chi connectivity index (χ4v) is 3.69. The van der Waals surface area contributed by atoms with Crippen LogP contribution >= 0.6 is 0 Å². The minimum Gasteiger partial charge on any atom is -0.383 e. The molecule has 0 saturated heterocycles. The Labute approximate surface area is 102 Å². The van der Waals surface area contributed by atoms with Crippen molar-refractivity contribution in [1.82, 2.24) is 0 Å². The molecule has 1 unspecified atom stereocenters.